The summed E-state index contributed by atoms with van der Waals surface area (Å²) in [4.78, 5) is 16.9. The highest BCUT2D eigenvalue weighted by Gasteiger charge is 2.20. The van der Waals surface area contributed by atoms with E-state index in [4.69, 9.17) is 9.47 Å². The molecule has 1 aliphatic rings. The highest BCUT2D eigenvalue weighted by atomic mass is 16.5. The maximum atomic E-state index is 12.7. The van der Waals surface area contributed by atoms with Crippen molar-refractivity contribution in [2.24, 2.45) is 0 Å². The first-order valence-corrected chi connectivity index (χ1v) is 7.54. The van der Waals surface area contributed by atoms with Crippen LogP contribution >= 0.6 is 0 Å². The van der Waals surface area contributed by atoms with E-state index in [9.17, 15) is 4.79 Å². The third kappa shape index (κ3) is 3.80. The Kier molecular flexibility index (Phi) is 5.83. The first kappa shape index (κ1) is 16.4. The van der Waals surface area contributed by atoms with E-state index in [2.05, 4.69) is 11.5 Å². The maximum Gasteiger partial charge on any atom is 0.254 e. The Morgan fingerprint density at radius 1 is 1.18 bits per heavy atom. The summed E-state index contributed by atoms with van der Waals surface area (Å²) in [6.45, 7) is 8.05. The van der Waals surface area contributed by atoms with Crippen molar-refractivity contribution in [1.82, 2.24) is 9.80 Å². The molecule has 5 heteroatoms. The van der Waals surface area contributed by atoms with Crippen LogP contribution in [0, 0.1) is 0 Å². The number of hydrogen-bond donors (Lipinski definition) is 0. The molecule has 0 bridgehead atoms. The molecular weight excluding hydrogens is 280 g/mol. The highest BCUT2D eigenvalue weighted by Crippen LogP contribution is 2.28. The van der Waals surface area contributed by atoms with E-state index in [0.717, 1.165) is 39.1 Å². The molecule has 0 unspecified atom stereocenters. The van der Waals surface area contributed by atoms with E-state index >= 15 is 0 Å². The Hall–Kier alpha value is -2.01. The zero-order valence-corrected chi connectivity index (χ0v) is 13.4. The monoisotopic (exact) mass is 304 g/mol. The highest BCUT2D eigenvalue weighted by molar-refractivity contribution is 5.95. The summed E-state index contributed by atoms with van der Waals surface area (Å²) >= 11 is 0. The summed E-state index contributed by atoms with van der Waals surface area (Å²) < 4.78 is 10.5. The average molecular weight is 304 g/mol. The predicted octanol–water partition coefficient (Wildman–Crippen LogP) is 2.04. The fraction of sp³-hybridized carbons (Fsp3) is 0.471. The van der Waals surface area contributed by atoms with Crippen molar-refractivity contribution in [3.63, 3.8) is 0 Å². The van der Waals surface area contributed by atoms with Crippen LogP contribution < -0.4 is 9.47 Å². The van der Waals surface area contributed by atoms with E-state index in [1.807, 2.05) is 11.0 Å². The van der Waals surface area contributed by atoms with Gasteiger partial charge in [-0.25, -0.2) is 0 Å². The fourth-order valence-electron chi connectivity index (χ4n) is 2.69. The molecule has 0 saturated carbocycles. The van der Waals surface area contributed by atoms with E-state index in [0.29, 0.717) is 17.1 Å². The van der Waals surface area contributed by atoms with Gasteiger partial charge in [-0.05, 0) is 24.6 Å². The Morgan fingerprint density at radius 3 is 2.64 bits per heavy atom. The Labute approximate surface area is 132 Å². The van der Waals surface area contributed by atoms with Crippen molar-refractivity contribution in [3.8, 4) is 11.5 Å². The van der Waals surface area contributed by atoms with Crippen LogP contribution in [0.1, 0.15) is 16.8 Å². The van der Waals surface area contributed by atoms with Crippen molar-refractivity contribution in [2.75, 3.05) is 46.9 Å². The number of amides is 1. The van der Waals surface area contributed by atoms with Crippen molar-refractivity contribution in [3.05, 3.63) is 36.4 Å². The van der Waals surface area contributed by atoms with Gasteiger partial charge >= 0.3 is 0 Å². The van der Waals surface area contributed by atoms with Gasteiger partial charge in [0, 0.05) is 38.3 Å². The molecule has 1 aromatic carbocycles. The molecule has 0 N–H and O–H groups in total. The standard InChI is InChI=1S/C17H24N2O3/c1-4-8-18-9-5-10-19(12-11-18)17(20)14-6-7-15(21-2)16(13-14)22-3/h4,6-7,13H,1,5,8-12H2,2-3H3. The summed E-state index contributed by atoms with van der Waals surface area (Å²) in [5.41, 5.74) is 0.634. The van der Waals surface area contributed by atoms with Crippen molar-refractivity contribution < 1.29 is 14.3 Å². The molecule has 0 atom stereocenters. The number of ether oxygens (including phenoxy) is 2. The van der Waals surface area contributed by atoms with Gasteiger partial charge in [0.1, 0.15) is 0 Å². The molecule has 1 fully saturated rings. The molecule has 0 aromatic heterocycles. The Balaban J connectivity index is 2.09. The number of carbonyl (C=O) groups is 1. The topological polar surface area (TPSA) is 42.0 Å². The first-order valence-electron chi connectivity index (χ1n) is 7.54. The van der Waals surface area contributed by atoms with Crippen molar-refractivity contribution in [1.29, 1.82) is 0 Å². The molecule has 1 saturated heterocycles. The second kappa shape index (κ2) is 7.84. The van der Waals surface area contributed by atoms with Crippen LogP contribution in [-0.2, 0) is 0 Å². The predicted molar refractivity (Wildman–Crippen MR) is 86.7 cm³/mol. The van der Waals surface area contributed by atoms with Gasteiger partial charge in [-0.3, -0.25) is 9.69 Å². The number of benzene rings is 1. The minimum Gasteiger partial charge on any atom is -0.493 e. The lowest BCUT2D eigenvalue weighted by atomic mass is 10.1. The molecule has 1 amide bonds. The van der Waals surface area contributed by atoms with Crippen LogP contribution in [0.4, 0.5) is 0 Å². The molecule has 1 aliphatic heterocycles. The van der Waals surface area contributed by atoms with E-state index in [-0.39, 0.29) is 5.91 Å². The Bertz CT molecular complexity index is 531. The van der Waals surface area contributed by atoms with Crippen molar-refractivity contribution in [2.45, 2.75) is 6.42 Å². The zero-order chi connectivity index (χ0) is 15.9. The molecule has 0 radical (unpaired) electrons. The van der Waals surface area contributed by atoms with Crippen LogP contribution in [0.5, 0.6) is 11.5 Å². The van der Waals surface area contributed by atoms with Gasteiger partial charge in [-0.2, -0.15) is 0 Å². The summed E-state index contributed by atoms with van der Waals surface area (Å²) in [7, 11) is 3.16. The lowest BCUT2D eigenvalue weighted by Crippen LogP contribution is -2.35. The van der Waals surface area contributed by atoms with E-state index < -0.39 is 0 Å². The minimum atomic E-state index is 0.0430. The number of carbonyl (C=O) groups excluding carboxylic acids is 1. The third-order valence-electron chi connectivity index (χ3n) is 3.89. The molecule has 2 rings (SSSR count). The molecule has 5 nitrogen and oxygen atoms in total. The summed E-state index contributed by atoms with van der Waals surface area (Å²) in [5, 5.41) is 0. The van der Waals surface area contributed by atoms with Gasteiger partial charge in [0.25, 0.3) is 5.91 Å². The van der Waals surface area contributed by atoms with Crippen LogP contribution in [-0.4, -0.2) is 62.7 Å². The second-order valence-corrected chi connectivity index (χ2v) is 5.30. The fourth-order valence-corrected chi connectivity index (χ4v) is 2.69. The normalized spacial score (nSPS) is 16.0. The largest absolute Gasteiger partial charge is 0.493 e. The molecule has 1 heterocycles. The Morgan fingerprint density at radius 2 is 1.95 bits per heavy atom. The zero-order valence-electron chi connectivity index (χ0n) is 13.4. The molecular formula is C17H24N2O3. The lowest BCUT2D eigenvalue weighted by Gasteiger charge is -2.21. The molecule has 22 heavy (non-hydrogen) atoms. The van der Waals surface area contributed by atoms with Crippen molar-refractivity contribution >= 4 is 5.91 Å². The number of rotatable bonds is 5. The van der Waals surface area contributed by atoms with Crippen LogP contribution in [0.15, 0.2) is 30.9 Å². The minimum absolute atomic E-state index is 0.0430. The van der Waals surface area contributed by atoms with Gasteiger partial charge in [-0.1, -0.05) is 6.08 Å². The molecule has 0 aliphatic carbocycles. The number of nitrogens with zero attached hydrogens (tertiary/aromatic N) is 2. The van der Waals surface area contributed by atoms with E-state index in [1.165, 1.54) is 0 Å². The average Bonchev–Trinajstić information content (AvgIpc) is 2.79. The van der Waals surface area contributed by atoms with Gasteiger partial charge in [0.05, 0.1) is 14.2 Å². The first-order chi connectivity index (χ1) is 10.7. The van der Waals surface area contributed by atoms with Gasteiger partial charge in [-0.15, -0.1) is 6.58 Å². The van der Waals surface area contributed by atoms with Crippen LogP contribution in [0.3, 0.4) is 0 Å². The van der Waals surface area contributed by atoms with Gasteiger partial charge < -0.3 is 14.4 Å². The molecule has 0 spiro atoms. The quantitative estimate of drug-likeness (QED) is 0.781. The summed E-state index contributed by atoms with van der Waals surface area (Å²) in [6, 6.07) is 5.30. The maximum absolute atomic E-state index is 12.7. The molecule has 120 valence electrons. The third-order valence-corrected chi connectivity index (χ3v) is 3.89. The van der Waals surface area contributed by atoms with E-state index in [1.54, 1.807) is 32.4 Å². The second-order valence-electron chi connectivity index (χ2n) is 5.30. The summed E-state index contributed by atoms with van der Waals surface area (Å²) in [5.74, 6) is 1.25. The van der Waals surface area contributed by atoms with Crippen LogP contribution in [0.25, 0.3) is 0 Å². The smallest absolute Gasteiger partial charge is 0.254 e. The number of hydrogen-bond acceptors (Lipinski definition) is 4. The lowest BCUT2D eigenvalue weighted by molar-refractivity contribution is 0.0761. The van der Waals surface area contributed by atoms with Crippen LogP contribution in [0.2, 0.25) is 0 Å². The number of methoxy groups -OCH3 is 2. The van der Waals surface area contributed by atoms with Gasteiger partial charge in [0.15, 0.2) is 11.5 Å². The summed E-state index contributed by atoms with van der Waals surface area (Å²) in [6.07, 6.45) is 2.89. The molecule has 1 aromatic rings. The van der Waals surface area contributed by atoms with Gasteiger partial charge in [0.2, 0.25) is 0 Å². The SMILES string of the molecule is C=CCN1CCCN(C(=O)c2ccc(OC)c(OC)c2)CC1.